The Balaban J connectivity index is 3.59. The van der Waals surface area contributed by atoms with Crippen molar-refractivity contribution >= 4 is 83.6 Å². The first-order valence-corrected chi connectivity index (χ1v) is 33.7. The van der Waals surface area contributed by atoms with Gasteiger partial charge in [0.1, 0.15) is 0 Å². The number of carboxylic acid groups (broad SMARTS) is 2. The average molecular weight is 1350 g/mol. The zero-order valence-corrected chi connectivity index (χ0v) is 55.3. The Morgan fingerprint density at radius 3 is 0.309 bits per heavy atom. The van der Waals surface area contributed by atoms with Crippen molar-refractivity contribution in [3.63, 3.8) is 0 Å². The van der Waals surface area contributed by atoms with E-state index in [-0.39, 0.29) is 205 Å². The number of ether oxygens (including phenoxy) is 12. The van der Waals surface area contributed by atoms with Gasteiger partial charge < -0.3 is 67.1 Å². The largest absolute Gasteiger partial charge is 0.481 e. The van der Waals surface area contributed by atoms with Crippen LogP contribution >= 0.6 is 0 Å². The molecule has 0 spiro atoms. The zero-order chi connectivity index (χ0) is 69.3. The number of hydrogen-bond donors (Lipinski definition) is 2. The smallest absolute Gasteiger partial charge is 0.305 e. The molecule has 94 heavy (non-hydrogen) atoms. The molecule has 0 aliphatic carbocycles. The molecule has 0 aliphatic heterocycles. The molecule has 2 N–H and O–H groups in total. The highest BCUT2D eigenvalue weighted by atomic mass is 16.6. The average Bonchev–Trinajstić information content (AvgIpc) is 3.65. The summed E-state index contributed by atoms with van der Waals surface area (Å²) in [5.74, 6) is -6.49. The van der Waals surface area contributed by atoms with Gasteiger partial charge in [-0.15, -0.1) is 0 Å². The molecule has 0 radical (unpaired) electrons. The Hall–Kier alpha value is -7.42. The maximum absolute atomic E-state index is 12.1. The first kappa shape index (κ1) is 86.6. The van der Waals surface area contributed by atoms with Crippen molar-refractivity contribution in [3.05, 3.63) is 0 Å². The Kier molecular flexibility index (Phi) is 58.0. The summed E-state index contributed by atoms with van der Waals surface area (Å²) in [7, 11) is 0. The molecule has 28 nitrogen and oxygen atoms in total. The van der Waals surface area contributed by atoms with Crippen molar-refractivity contribution in [2.45, 2.75) is 257 Å². The number of carbonyl (C=O) groups excluding carboxylic acids is 12. The maximum atomic E-state index is 12.1. The summed E-state index contributed by atoms with van der Waals surface area (Å²) >= 11 is 0. The third kappa shape index (κ3) is 64.7. The van der Waals surface area contributed by atoms with Crippen LogP contribution in [0.4, 0.5) is 0 Å². The molecule has 0 atom stereocenters. The van der Waals surface area contributed by atoms with Crippen molar-refractivity contribution in [2.24, 2.45) is 0 Å². The van der Waals surface area contributed by atoms with Gasteiger partial charge in [0.25, 0.3) is 0 Å². The lowest BCUT2D eigenvalue weighted by Crippen LogP contribution is -2.10. The molecule has 538 valence electrons. The van der Waals surface area contributed by atoms with Gasteiger partial charge in [-0.2, -0.15) is 0 Å². The van der Waals surface area contributed by atoms with Crippen molar-refractivity contribution in [3.8, 4) is 0 Å². The Morgan fingerprint density at radius 1 is 0.138 bits per heavy atom. The van der Waals surface area contributed by atoms with Crippen LogP contribution in [0, 0.1) is 0 Å². The lowest BCUT2D eigenvalue weighted by molar-refractivity contribution is -0.147. The highest BCUT2D eigenvalue weighted by molar-refractivity contribution is 5.74. The minimum absolute atomic E-state index is 0.0138. The van der Waals surface area contributed by atoms with E-state index < -0.39 is 47.8 Å². The molecule has 0 unspecified atom stereocenters. The lowest BCUT2D eigenvalue weighted by Gasteiger charge is -2.08. The van der Waals surface area contributed by atoms with Crippen LogP contribution in [0.2, 0.25) is 0 Å². The van der Waals surface area contributed by atoms with Gasteiger partial charge in [0.05, 0.1) is 79.3 Å². The molecule has 0 aromatic carbocycles. The Bertz CT molecular complexity index is 2010. The van der Waals surface area contributed by atoms with Gasteiger partial charge in [-0.25, -0.2) is 0 Å². The summed E-state index contributed by atoms with van der Waals surface area (Å²) in [4.78, 5) is 164. The number of esters is 12. The van der Waals surface area contributed by atoms with Crippen LogP contribution < -0.4 is 0 Å². The molecule has 0 saturated carbocycles. The second-order valence-electron chi connectivity index (χ2n) is 22.1. The fraction of sp³-hybridized carbons (Fsp3) is 0.788. The van der Waals surface area contributed by atoms with Crippen LogP contribution in [0.25, 0.3) is 0 Å². The summed E-state index contributed by atoms with van der Waals surface area (Å²) in [6.07, 6.45) is 14.2. The highest BCUT2D eigenvalue weighted by Gasteiger charge is 2.14. The summed E-state index contributed by atoms with van der Waals surface area (Å²) in [6.45, 7) is 2.11. The maximum Gasteiger partial charge on any atom is 0.305 e. The normalized spacial score (nSPS) is 10.7. The van der Waals surface area contributed by atoms with E-state index >= 15 is 0 Å². The summed E-state index contributed by atoms with van der Waals surface area (Å²) in [6, 6.07) is 0. The SMILES string of the molecule is O=C(O)CCCCC(=O)OCCCCOC(=O)CCCCC(=O)OCCCCOC(=O)CCCCC(=O)OCCCCOC(=O)CCCCC(=O)OCCCCOC(=O)CCCCC(=O)OCCCCOC(=O)CCCCC(=O)OCCCCOC(=O)CCCCC(=O)O. The standard InChI is InChI=1S/C66H106O28/c67-53(68)27-1-3-29-55(71)83-41-15-17-43-85-57(73)31-5-7-33-59(75)87-45-19-21-47-89-61(77)35-9-11-37-63(79)91-49-23-25-51-93-65(81)39-13-14-40-66(82)94-52-26-24-50-92-64(80)38-12-10-36-62(78)90-48-22-20-46-88-60(76)34-8-6-32-58(74)86-44-18-16-42-84-56(72)30-4-2-28-54(69)70/h1-52H2,(H,67,68)(H,69,70). The number of carboxylic acids is 2. The van der Waals surface area contributed by atoms with Gasteiger partial charge in [0.2, 0.25) is 0 Å². The molecule has 0 aromatic rings. The molecule has 0 aliphatic rings. The molecule has 0 aromatic heterocycles. The van der Waals surface area contributed by atoms with Gasteiger partial charge >= 0.3 is 83.6 Å². The molecular weight excluding hydrogens is 1240 g/mol. The summed E-state index contributed by atoms with van der Waals surface area (Å²) in [5, 5.41) is 17.2. The topological polar surface area (TPSA) is 390 Å². The first-order valence-electron chi connectivity index (χ1n) is 33.7. The van der Waals surface area contributed by atoms with Crippen molar-refractivity contribution < 1.29 is 134 Å². The third-order valence-electron chi connectivity index (χ3n) is 13.5. The third-order valence-corrected chi connectivity index (χ3v) is 13.5. The number of unbranched alkanes of at least 4 members (excludes halogenated alkanes) is 13. The number of carbonyl (C=O) groups is 14. The molecule has 0 bridgehead atoms. The van der Waals surface area contributed by atoms with Crippen LogP contribution in [0.1, 0.15) is 257 Å². The van der Waals surface area contributed by atoms with E-state index in [4.69, 9.17) is 67.1 Å². The van der Waals surface area contributed by atoms with Crippen molar-refractivity contribution in [2.75, 3.05) is 79.3 Å². The van der Waals surface area contributed by atoms with Gasteiger partial charge in [0, 0.05) is 89.9 Å². The minimum Gasteiger partial charge on any atom is -0.481 e. The summed E-state index contributed by atoms with van der Waals surface area (Å²) < 4.78 is 62.1. The van der Waals surface area contributed by atoms with Gasteiger partial charge in [-0.05, 0) is 167 Å². The van der Waals surface area contributed by atoms with Gasteiger partial charge in [0.15, 0.2) is 0 Å². The predicted molar refractivity (Wildman–Crippen MR) is 331 cm³/mol. The predicted octanol–water partition coefficient (Wildman–Crippen LogP) is 9.28. The summed E-state index contributed by atoms with van der Waals surface area (Å²) in [5.41, 5.74) is 0. The van der Waals surface area contributed by atoms with E-state index in [2.05, 4.69) is 0 Å². The van der Waals surface area contributed by atoms with Crippen LogP contribution in [-0.2, 0) is 124 Å². The van der Waals surface area contributed by atoms with Crippen LogP contribution in [0.5, 0.6) is 0 Å². The fourth-order valence-corrected chi connectivity index (χ4v) is 8.11. The quantitative estimate of drug-likeness (QED) is 0.0325. The van der Waals surface area contributed by atoms with Crippen molar-refractivity contribution in [1.29, 1.82) is 0 Å². The van der Waals surface area contributed by atoms with Crippen LogP contribution in [0.3, 0.4) is 0 Å². The van der Waals surface area contributed by atoms with Gasteiger partial charge in [-0.3, -0.25) is 67.1 Å². The molecule has 0 saturated heterocycles. The molecule has 0 fully saturated rings. The number of rotatable bonds is 65. The number of hydrogen-bond acceptors (Lipinski definition) is 26. The molecular formula is C66H106O28. The van der Waals surface area contributed by atoms with E-state index in [0.29, 0.717) is 167 Å². The second kappa shape index (κ2) is 63.0. The second-order valence-corrected chi connectivity index (χ2v) is 22.1. The highest BCUT2D eigenvalue weighted by Crippen LogP contribution is 2.12. The molecule has 0 heterocycles. The number of aliphatic carboxylic acids is 2. The van der Waals surface area contributed by atoms with E-state index in [1.807, 2.05) is 0 Å². The molecule has 0 amide bonds. The van der Waals surface area contributed by atoms with Gasteiger partial charge in [-0.1, -0.05) is 0 Å². The van der Waals surface area contributed by atoms with Crippen LogP contribution in [0.15, 0.2) is 0 Å². The Labute approximate surface area is 552 Å². The van der Waals surface area contributed by atoms with E-state index in [9.17, 15) is 67.1 Å². The van der Waals surface area contributed by atoms with E-state index in [1.54, 1.807) is 0 Å². The minimum atomic E-state index is -0.903. The van der Waals surface area contributed by atoms with Crippen molar-refractivity contribution in [1.82, 2.24) is 0 Å². The zero-order valence-electron chi connectivity index (χ0n) is 55.3. The monoisotopic (exact) mass is 1350 g/mol. The van der Waals surface area contributed by atoms with Crippen LogP contribution in [-0.4, -0.2) is 173 Å². The molecule has 28 heteroatoms. The van der Waals surface area contributed by atoms with E-state index in [0.717, 1.165) is 0 Å². The Morgan fingerprint density at radius 2 is 0.223 bits per heavy atom. The van der Waals surface area contributed by atoms with E-state index in [1.165, 1.54) is 0 Å². The first-order chi connectivity index (χ1) is 45.4. The fourth-order valence-electron chi connectivity index (χ4n) is 8.11. The lowest BCUT2D eigenvalue weighted by atomic mass is 10.2. The molecule has 0 rings (SSSR count).